The van der Waals surface area contributed by atoms with Crippen LogP contribution >= 0.6 is 0 Å². The number of hydrogen-bond donors (Lipinski definition) is 0. The number of rotatable bonds is 4. The third-order valence-corrected chi connectivity index (χ3v) is 5.45. The van der Waals surface area contributed by atoms with Gasteiger partial charge in [0.25, 0.3) is 5.56 Å². The first kappa shape index (κ1) is 18.9. The Hall–Kier alpha value is -4.12. The van der Waals surface area contributed by atoms with Gasteiger partial charge in [-0.15, -0.1) is 0 Å². The minimum atomic E-state index is -0.114. The van der Waals surface area contributed by atoms with Crippen molar-refractivity contribution in [1.82, 2.24) is 14.1 Å². The molecule has 31 heavy (non-hydrogen) atoms. The molecular weight excluding hydrogens is 386 g/mol. The van der Waals surface area contributed by atoms with Gasteiger partial charge in [0.15, 0.2) is 0 Å². The molecule has 152 valence electrons. The third kappa shape index (κ3) is 3.30. The van der Waals surface area contributed by atoms with Gasteiger partial charge in [0.05, 0.1) is 23.7 Å². The molecular formula is C26H21N3O2. The van der Waals surface area contributed by atoms with Gasteiger partial charge >= 0.3 is 0 Å². The van der Waals surface area contributed by atoms with Gasteiger partial charge in [-0.3, -0.25) is 9.36 Å². The summed E-state index contributed by atoms with van der Waals surface area (Å²) in [6, 6.07) is 23.1. The lowest BCUT2D eigenvalue weighted by atomic mass is 10.1. The van der Waals surface area contributed by atoms with Crippen LogP contribution in [0, 0.1) is 0 Å². The predicted molar refractivity (Wildman–Crippen MR) is 126 cm³/mol. The Bertz CT molecular complexity index is 1510. The van der Waals surface area contributed by atoms with E-state index in [1.807, 2.05) is 73.8 Å². The van der Waals surface area contributed by atoms with E-state index >= 15 is 0 Å². The van der Waals surface area contributed by atoms with Crippen molar-refractivity contribution in [1.29, 1.82) is 0 Å². The number of nitrogens with zero attached hydrogens (tertiary/aromatic N) is 3. The number of ether oxygens (including phenoxy) is 1. The Labute approximate surface area is 179 Å². The molecule has 0 aliphatic heterocycles. The Morgan fingerprint density at radius 2 is 1.68 bits per heavy atom. The molecule has 0 aliphatic rings. The van der Waals surface area contributed by atoms with Crippen molar-refractivity contribution in [3.63, 3.8) is 0 Å². The topological polar surface area (TPSA) is 49.0 Å². The fraction of sp³-hybridized carbons (Fsp3) is 0.0769. The smallest absolute Gasteiger partial charge is 0.266 e. The molecule has 0 spiro atoms. The molecule has 0 aliphatic carbocycles. The van der Waals surface area contributed by atoms with Crippen molar-refractivity contribution < 1.29 is 4.74 Å². The Balaban J connectivity index is 1.73. The predicted octanol–water partition coefficient (Wildman–Crippen LogP) is 5.06. The molecule has 0 saturated carbocycles. The van der Waals surface area contributed by atoms with Gasteiger partial charge in [-0.2, -0.15) is 0 Å². The summed E-state index contributed by atoms with van der Waals surface area (Å²) in [7, 11) is 3.64. The highest BCUT2D eigenvalue weighted by atomic mass is 16.5. The fourth-order valence-corrected chi connectivity index (χ4v) is 3.93. The molecule has 3 aromatic carbocycles. The fourth-order valence-electron chi connectivity index (χ4n) is 3.93. The first-order valence-electron chi connectivity index (χ1n) is 10.0. The van der Waals surface area contributed by atoms with Crippen LogP contribution in [0.3, 0.4) is 0 Å². The maximum absolute atomic E-state index is 13.4. The molecule has 0 amide bonds. The first-order chi connectivity index (χ1) is 15.2. The summed E-state index contributed by atoms with van der Waals surface area (Å²) in [6.45, 7) is 0. The summed E-state index contributed by atoms with van der Waals surface area (Å²) in [5.74, 6) is 1.24. The lowest BCUT2D eigenvalue weighted by molar-refractivity contribution is 0.414. The van der Waals surface area contributed by atoms with Crippen LogP contribution in [0.4, 0.5) is 0 Å². The number of methoxy groups -OCH3 is 1. The van der Waals surface area contributed by atoms with Gasteiger partial charge in [-0.05, 0) is 42.5 Å². The highest BCUT2D eigenvalue weighted by Crippen LogP contribution is 2.23. The van der Waals surface area contributed by atoms with E-state index in [4.69, 9.17) is 9.72 Å². The summed E-state index contributed by atoms with van der Waals surface area (Å²) < 4.78 is 9.09. The molecule has 0 atom stereocenters. The van der Waals surface area contributed by atoms with Crippen molar-refractivity contribution in [2.45, 2.75) is 0 Å². The maximum atomic E-state index is 13.4. The summed E-state index contributed by atoms with van der Waals surface area (Å²) in [6.07, 6.45) is 5.99. The molecule has 0 fully saturated rings. The highest BCUT2D eigenvalue weighted by Gasteiger charge is 2.12. The Morgan fingerprint density at radius 1 is 0.903 bits per heavy atom. The summed E-state index contributed by atoms with van der Waals surface area (Å²) >= 11 is 0. The van der Waals surface area contributed by atoms with Gasteiger partial charge in [-0.1, -0.05) is 36.4 Å². The Morgan fingerprint density at radius 3 is 2.52 bits per heavy atom. The van der Waals surface area contributed by atoms with Gasteiger partial charge < -0.3 is 9.30 Å². The molecule has 0 unspecified atom stereocenters. The quantitative estimate of drug-likeness (QED) is 0.419. The molecule has 2 aromatic heterocycles. The highest BCUT2D eigenvalue weighted by molar-refractivity contribution is 5.92. The van der Waals surface area contributed by atoms with Gasteiger partial charge in [0.2, 0.25) is 0 Å². The minimum absolute atomic E-state index is 0.114. The van der Waals surface area contributed by atoms with E-state index in [0.717, 1.165) is 16.5 Å². The van der Waals surface area contributed by atoms with Crippen molar-refractivity contribution in [3.8, 4) is 11.4 Å². The van der Waals surface area contributed by atoms with Crippen molar-refractivity contribution in [2.24, 2.45) is 7.05 Å². The Kier molecular flexibility index (Phi) is 4.64. The molecule has 0 saturated heterocycles. The number of aromatic nitrogens is 3. The van der Waals surface area contributed by atoms with Crippen LogP contribution in [0.1, 0.15) is 11.4 Å². The van der Waals surface area contributed by atoms with E-state index in [1.54, 1.807) is 17.7 Å². The molecule has 5 aromatic rings. The summed E-state index contributed by atoms with van der Waals surface area (Å²) in [4.78, 5) is 18.2. The van der Waals surface area contributed by atoms with Gasteiger partial charge in [0, 0.05) is 35.8 Å². The average molecular weight is 407 g/mol. The zero-order valence-electron chi connectivity index (χ0n) is 17.3. The zero-order valence-corrected chi connectivity index (χ0v) is 17.3. The van der Waals surface area contributed by atoms with Crippen molar-refractivity contribution >= 4 is 34.0 Å². The number of fused-ring (bicyclic) bond motifs is 2. The molecule has 5 heteroatoms. The number of para-hydroxylation sites is 2. The van der Waals surface area contributed by atoms with Crippen LogP contribution in [-0.2, 0) is 7.05 Å². The largest absolute Gasteiger partial charge is 0.497 e. The van der Waals surface area contributed by atoms with E-state index in [9.17, 15) is 4.79 Å². The molecule has 2 heterocycles. The van der Waals surface area contributed by atoms with Crippen LogP contribution in [0.5, 0.6) is 5.75 Å². The maximum Gasteiger partial charge on any atom is 0.266 e. The zero-order chi connectivity index (χ0) is 21.4. The number of benzene rings is 3. The standard InChI is InChI=1S/C26H21N3O2/c1-28-17-18(21-10-4-6-13-24(21)28)14-15-25-27-23-12-5-3-11-22(23)26(30)29(25)19-8-7-9-20(16-19)31-2/h3-17H,1-2H3/b15-14+. The van der Waals surface area contributed by atoms with E-state index < -0.39 is 0 Å². The summed E-state index contributed by atoms with van der Waals surface area (Å²) in [5, 5.41) is 1.73. The summed E-state index contributed by atoms with van der Waals surface area (Å²) in [5.41, 5.74) is 3.48. The monoisotopic (exact) mass is 407 g/mol. The average Bonchev–Trinajstić information content (AvgIpc) is 3.13. The second-order valence-electron chi connectivity index (χ2n) is 7.38. The van der Waals surface area contributed by atoms with E-state index in [0.29, 0.717) is 28.2 Å². The van der Waals surface area contributed by atoms with Crippen LogP contribution in [0.25, 0.3) is 39.6 Å². The lowest BCUT2D eigenvalue weighted by Gasteiger charge is -2.12. The van der Waals surface area contributed by atoms with Crippen molar-refractivity contribution in [3.05, 3.63) is 101 Å². The number of aryl methyl sites for hydroxylation is 1. The second-order valence-corrected chi connectivity index (χ2v) is 7.38. The minimum Gasteiger partial charge on any atom is -0.497 e. The van der Waals surface area contributed by atoms with Crippen LogP contribution in [0.15, 0.2) is 83.8 Å². The van der Waals surface area contributed by atoms with E-state index in [2.05, 4.69) is 22.9 Å². The van der Waals surface area contributed by atoms with E-state index in [-0.39, 0.29) is 5.56 Å². The first-order valence-corrected chi connectivity index (χ1v) is 10.0. The second kappa shape index (κ2) is 7.61. The lowest BCUT2D eigenvalue weighted by Crippen LogP contribution is -2.22. The molecule has 0 bridgehead atoms. The van der Waals surface area contributed by atoms with Gasteiger partial charge in [0.1, 0.15) is 11.6 Å². The normalized spacial score (nSPS) is 11.5. The van der Waals surface area contributed by atoms with Gasteiger partial charge in [-0.25, -0.2) is 4.98 Å². The van der Waals surface area contributed by atoms with Crippen LogP contribution in [0.2, 0.25) is 0 Å². The van der Waals surface area contributed by atoms with Crippen molar-refractivity contribution in [2.75, 3.05) is 7.11 Å². The van der Waals surface area contributed by atoms with E-state index in [1.165, 1.54) is 0 Å². The molecule has 0 radical (unpaired) electrons. The van der Waals surface area contributed by atoms with Crippen LogP contribution in [-0.4, -0.2) is 21.2 Å². The molecule has 5 nitrogen and oxygen atoms in total. The number of hydrogen-bond acceptors (Lipinski definition) is 3. The molecule has 5 rings (SSSR count). The van der Waals surface area contributed by atoms with Crippen LogP contribution < -0.4 is 10.3 Å². The SMILES string of the molecule is COc1cccc(-n2c(/C=C/c3cn(C)c4ccccc34)nc3ccccc3c2=O)c1. The third-order valence-electron chi connectivity index (χ3n) is 5.45. The molecule has 0 N–H and O–H groups in total.